The molecule has 2 N–H and O–H groups in total. The van der Waals surface area contributed by atoms with Gasteiger partial charge in [-0.3, -0.25) is 4.79 Å². The van der Waals surface area contributed by atoms with Gasteiger partial charge in [-0.25, -0.2) is 0 Å². The molecule has 4 heteroatoms. The molecular formula is C11H13ClN2O. The average molecular weight is 225 g/mol. The second-order valence-corrected chi connectivity index (χ2v) is 4.24. The van der Waals surface area contributed by atoms with Gasteiger partial charge in [0.15, 0.2) is 0 Å². The van der Waals surface area contributed by atoms with Crippen molar-refractivity contribution in [2.24, 2.45) is 5.73 Å². The predicted octanol–water partition coefficient (Wildman–Crippen LogP) is 1.40. The zero-order valence-corrected chi connectivity index (χ0v) is 9.07. The van der Waals surface area contributed by atoms with Crippen LogP contribution in [0.25, 0.3) is 0 Å². The van der Waals surface area contributed by atoms with E-state index >= 15 is 0 Å². The van der Waals surface area contributed by atoms with E-state index in [9.17, 15) is 4.79 Å². The highest BCUT2D eigenvalue weighted by Gasteiger charge is 2.26. The summed E-state index contributed by atoms with van der Waals surface area (Å²) in [6, 6.07) is 7.53. The van der Waals surface area contributed by atoms with Crippen LogP contribution >= 0.6 is 11.6 Å². The van der Waals surface area contributed by atoms with Gasteiger partial charge in [-0.2, -0.15) is 0 Å². The fourth-order valence-corrected chi connectivity index (χ4v) is 1.98. The quantitative estimate of drug-likeness (QED) is 0.826. The minimum absolute atomic E-state index is 0.0278. The molecule has 1 aromatic rings. The number of hydrogen-bond donors (Lipinski definition) is 1. The van der Waals surface area contributed by atoms with E-state index in [0.717, 1.165) is 5.56 Å². The van der Waals surface area contributed by atoms with Crippen LogP contribution in [0.4, 0.5) is 0 Å². The summed E-state index contributed by atoms with van der Waals surface area (Å²) in [6.45, 7) is 1.19. The number of rotatable bonds is 2. The molecule has 3 nitrogen and oxygen atoms in total. The van der Waals surface area contributed by atoms with Crippen molar-refractivity contribution in [1.29, 1.82) is 0 Å². The first-order valence-corrected chi connectivity index (χ1v) is 5.31. The first kappa shape index (κ1) is 10.5. The third kappa shape index (κ3) is 2.30. The van der Waals surface area contributed by atoms with Crippen molar-refractivity contribution in [3.63, 3.8) is 0 Å². The molecule has 1 aliphatic rings. The predicted molar refractivity (Wildman–Crippen MR) is 59.5 cm³/mol. The van der Waals surface area contributed by atoms with Crippen LogP contribution in [-0.2, 0) is 11.3 Å². The summed E-state index contributed by atoms with van der Waals surface area (Å²) < 4.78 is 0. The van der Waals surface area contributed by atoms with E-state index in [4.69, 9.17) is 17.3 Å². The average Bonchev–Trinajstić information content (AvgIpc) is 2.49. The fourth-order valence-electron chi connectivity index (χ4n) is 1.79. The Bertz CT molecular complexity index is 381. The molecule has 1 aliphatic heterocycles. The summed E-state index contributed by atoms with van der Waals surface area (Å²) in [5, 5.41) is 0.700. The highest BCUT2D eigenvalue weighted by molar-refractivity contribution is 6.31. The van der Waals surface area contributed by atoms with E-state index in [2.05, 4.69) is 0 Å². The molecule has 0 spiro atoms. The minimum atomic E-state index is -0.0278. The fraction of sp³-hybridized carbons (Fsp3) is 0.364. The molecule has 0 radical (unpaired) electrons. The highest BCUT2D eigenvalue weighted by atomic mass is 35.5. The van der Waals surface area contributed by atoms with E-state index in [-0.39, 0.29) is 11.9 Å². The largest absolute Gasteiger partial charge is 0.337 e. The van der Waals surface area contributed by atoms with Crippen LogP contribution < -0.4 is 5.73 Å². The maximum absolute atomic E-state index is 11.5. The lowest BCUT2D eigenvalue weighted by Gasteiger charge is -2.16. The molecular weight excluding hydrogens is 212 g/mol. The Hall–Kier alpha value is -1.06. The lowest BCUT2D eigenvalue weighted by molar-refractivity contribution is -0.128. The first-order chi connectivity index (χ1) is 7.16. The number of nitrogens with two attached hydrogens (primary N) is 1. The molecule has 0 unspecified atom stereocenters. The van der Waals surface area contributed by atoms with Gasteiger partial charge < -0.3 is 10.6 Å². The summed E-state index contributed by atoms with van der Waals surface area (Å²) in [4.78, 5) is 13.3. The number of nitrogens with zero attached hydrogens (tertiary/aromatic N) is 1. The Labute approximate surface area is 93.8 Å². The molecule has 1 atom stereocenters. The maximum Gasteiger partial charge on any atom is 0.224 e. The summed E-state index contributed by atoms with van der Waals surface area (Å²) in [5.41, 5.74) is 6.69. The van der Waals surface area contributed by atoms with Crippen molar-refractivity contribution in [3.05, 3.63) is 34.9 Å². The van der Waals surface area contributed by atoms with Crippen LogP contribution in [0.5, 0.6) is 0 Å². The number of likely N-dealkylation sites (tertiary alicyclic amines) is 1. The SMILES string of the molecule is N[C@@H]1CC(=O)N(Cc2ccccc2Cl)C1. The zero-order chi connectivity index (χ0) is 10.8. The summed E-state index contributed by atoms with van der Waals surface area (Å²) in [6.07, 6.45) is 0.449. The molecule has 1 amide bonds. The molecule has 1 fully saturated rings. The summed E-state index contributed by atoms with van der Waals surface area (Å²) >= 11 is 6.02. The first-order valence-electron chi connectivity index (χ1n) is 4.93. The van der Waals surface area contributed by atoms with Crippen molar-refractivity contribution < 1.29 is 4.79 Å². The molecule has 2 rings (SSSR count). The molecule has 1 heterocycles. The maximum atomic E-state index is 11.5. The van der Waals surface area contributed by atoms with Gasteiger partial charge >= 0.3 is 0 Å². The summed E-state index contributed by atoms with van der Waals surface area (Å²) in [5.74, 6) is 0.113. The van der Waals surface area contributed by atoms with Gasteiger partial charge in [0.05, 0.1) is 0 Å². The second-order valence-electron chi connectivity index (χ2n) is 3.83. The van der Waals surface area contributed by atoms with Crippen LogP contribution in [-0.4, -0.2) is 23.4 Å². The Kier molecular flexibility index (Phi) is 2.93. The summed E-state index contributed by atoms with van der Waals surface area (Å²) in [7, 11) is 0. The van der Waals surface area contributed by atoms with Crippen molar-refractivity contribution in [1.82, 2.24) is 4.90 Å². The third-order valence-corrected chi connectivity index (χ3v) is 2.93. The zero-order valence-electron chi connectivity index (χ0n) is 8.32. The normalized spacial score (nSPS) is 21.1. The van der Waals surface area contributed by atoms with E-state index in [1.165, 1.54) is 0 Å². The van der Waals surface area contributed by atoms with Crippen molar-refractivity contribution >= 4 is 17.5 Å². The highest BCUT2D eigenvalue weighted by Crippen LogP contribution is 2.19. The molecule has 80 valence electrons. The molecule has 0 bridgehead atoms. The third-order valence-electron chi connectivity index (χ3n) is 2.56. The molecule has 1 saturated heterocycles. The topological polar surface area (TPSA) is 46.3 Å². The Balaban J connectivity index is 2.09. The Morgan fingerprint density at radius 3 is 2.80 bits per heavy atom. The van der Waals surface area contributed by atoms with Gasteiger partial charge in [-0.1, -0.05) is 29.8 Å². The molecule has 0 aromatic heterocycles. The number of hydrogen-bond acceptors (Lipinski definition) is 2. The minimum Gasteiger partial charge on any atom is -0.337 e. The lowest BCUT2D eigenvalue weighted by atomic mass is 10.2. The number of carbonyl (C=O) groups excluding carboxylic acids is 1. The van der Waals surface area contributed by atoms with Gasteiger partial charge in [0.25, 0.3) is 0 Å². The van der Waals surface area contributed by atoms with Crippen LogP contribution in [0.1, 0.15) is 12.0 Å². The van der Waals surface area contributed by atoms with Gasteiger partial charge in [-0.05, 0) is 11.6 Å². The van der Waals surface area contributed by atoms with E-state index in [1.807, 2.05) is 24.3 Å². The van der Waals surface area contributed by atoms with E-state index in [0.29, 0.717) is 24.5 Å². The molecule has 0 saturated carbocycles. The number of benzene rings is 1. The number of amides is 1. The Morgan fingerprint density at radius 2 is 2.20 bits per heavy atom. The van der Waals surface area contributed by atoms with Crippen LogP contribution in [0, 0.1) is 0 Å². The number of halogens is 1. The van der Waals surface area contributed by atoms with Gasteiger partial charge in [0.1, 0.15) is 0 Å². The van der Waals surface area contributed by atoms with Gasteiger partial charge in [0.2, 0.25) is 5.91 Å². The lowest BCUT2D eigenvalue weighted by Crippen LogP contribution is -2.27. The van der Waals surface area contributed by atoms with Crippen molar-refractivity contribution in [3.8, 4) is 0 Å². The van der Waals surface area contributed by atoms with Gasteiger partial charge in [0, 0.05) is 30.6 Å². The molecule has 0 aliphatic carbocycles. The van der Waals surface area contributed by atoms with Crippen LogP contribution in [0.3, 0.4) is 0 Å². The number of carbonyl (C=O) groups is 1. The Morgan fingerprint density at radius 1 is 1.47 bits per heavy atom. The van der Waals surface area contributed by atoms with E-state index < -0.39 is 0 Å². The smallest absolute Gasteiger partial charge is 0.224 e. The second kappa shape index (κ2) is 4.21. The van der Waals surface area contributed by atoms with Crippen LogP contribution in [0.2, 0.25) is 5.02 Å². The van der Waals surface area contributed by atoms with Crippen molar-refractivity contribution in [2.75, 3.05) is 6.54 Å². The van der Waals surface area contributed by atoms with Gasteiger partial charge in [-0.15, -0.1) is 0 Å². The van der Waals surface area contributed by atoms with Crippen LogP contribution in [0.15, 0.2) is 24.3 Å². The standard InChI is InChI=1S/C11H13ClN2O/c12-10-4-2-1-3-8(10)6-14-7-9(13)5-11(14)15/h1-4,9H,5-7,13H2/t9-/m1/s1. The van der Waals surface area contributed by atoms with Crippen molar-refractivity contribution in [2.45, 2.75) is 19.0 Å². The monoisotopic (exact) mass is 224 g/mol. The molecule has 15 heavy (non-hydrogen) atoms. The molecule has 1 aromatic carbocycles. The van der Waals surface area contributed by atoms with E-state index in [1.54, 1.807) is 4.90 Å².